The summed E-state index contributed by atoms with van der Waals surface area (Å²) >= 11 is 1.71. The fraction of sp³-hybridized carbons (Fsp3) is 0.0909. The van der Waals surface area contributed by atoms with Crippen molar-refractivity contribution in [3.05, 3.63) is 35.3 Å². The van der Waals surface area contributed by atoms with Gasteiger partial charge in [0, 0.05) is 10.4 Å². The van der Waals surface area contributed by atoms with Gasteiger partial charge in [0.2, 0.25) is 5.95 Å². The maximum atomic E-state index is 5.59. The van der Waals surface area contributed by atoms with Gasteiger partial charge >= 0.3 is 0 Å². The number of hydrogen-bond donors (Lipinski definition) is 1. The van der Waals surface area contributed by atoms with Crippen molar-refractivity contribution in [3.8, 4) is 10.4 Å². The highest BCUT2D eigenvalue weighted by atomic mass is 32.1. The van der Waals surface area contributed by atoms with Crippen LogP contribution in [0.4, 0.5) is 5.95 Å². The molecular weight excluding hydrogens is 220 g/mol. The Bertz CT molecular complexity index is 639. The lowest BCUT2D eigenvalue weighted by molar-refractivity contribution is 0.923. The molecule has 5 heteroatoms. The molecule has 0 unspecified atom stereocenters. The number of fused-ring (bicyclic) bond motifs is 1. The third-order valence-electron chi connectivity index (χ3n) is 2.54. The zero-order valence-electron chi connectivity index (χ0n) is 8.71. The standard InChI is InChI=1S/C11H10N4S/c1-7-8(9-3-2-6-16-9)4-5-10-13-11(12)14-15(7)10/h2-6H,1H3,(H2,12,14). The maximum absolute atomic E-state index is 5.59. The Hall–Kier alpha value is -1.88. The van der Waals surface area contributed by atoms with Gasteiger partial charge in [0.15, 0.2) is 5.65 Å². The van der Waals surface area contributed by atoms with Crippen molar-refractivity contribution in [1.82, 2.24) is 14.6 Å². The van der Waals surface area contributed by atoms with E-state index in [1.807, 2.05) is 19.1 Å². The number of nitrogens with two attached hydrogens (primary N) is 1. The van der Waals surface area contributed by atoms with Crippen LogP contribution in [0, 0.1) is 6.92 Å². The Morgan fingerprint density at radius 2 is 2.19 bits per heavy atom. The summed E-state index contributed by atoms with van der Waals surface area (Å²) in [5.74, 6) is 0.312. The van der Waals surface area contributed by atoms with Gasteiger partial charge in [-0.2, -0.15) is 4.98 Å². The number of anilines is 1. The van der Waals surface area contributed by atoms with Gasteiger partial charge in [-0.1, -0.05) is 6.07 Å². The highest BCUT2D eigenvalue weighted by molar-refractivity contribution is 7.13. The van der Waals surface area contributed by atoms with E-state index in [4.69, 9.17) is 5.73 Å². The van der Waals surface area contributed by atoms with Crippen molar-refractivity contribution in [2.75, 3.05) is 5.73 Å². The molecule has 0 aliphatic rings. The monoisotopic (exact) mass is 230 g/mol. The third kappa shape index (κ3) is 1.29. The second kappa shape index (κ2) is 3.31. The molecule has 0 saturated heterocycles. The molecule has 3 heterocycles. The van der Waals surface area contributed by atoms with Crippen LogP contribution in [0.15, 0.2) is 29.6 Å². The van der Waals surface area contributed by atoms with Gasteiger partial charge in [0.05, 0.1) is 5.69 Å². The van der Waals surface area contributed by atoms with Crippen molar-refractivity contribution in [1.29, 1.82) is 0 Å². The minimum atomic E-state index is 0.312. The Kier molecular flexibility index (Phi) is 1.94. The first-order valence-corrected chi connectivity index (χ1v) is 5.79. The molecule has 0 spiro atoms. The van der Waals surface area contributed by atoms with E-state index in [1.54, 1.807) is 15.9 Å². The molecule has 0 saturated carbocycles. The number of aryl methyl sites for hydroxylation is 1. The number of hydrogen-bond acceptors (Lipinski definition) is 4. The summed E-state index contributed by atoms with van der Waals surface area (Å²) in [6, 6.07) is 8.13. The average Bonchev–Trinajstić information content (AvgIpc) is 2.86. The van der Waals surface area contributed by atoms with Gasteiger partial charge in [0.25, 0.3) is 0 Å². The predicted octanol–water partition coefficient (Wildman–Crippen LogP) is 2.35. The quantitative estimate of drug-likeness (QED) is 0.698. The van der Waals surface area contributed by atoms with E-state index in [-0.39, 0.29) is 0 Å². The zero-order chi connectivity index (χ0) is 11.1. The lowest BCUT2D eigenvalue weighted by Crippen LogP contribution is -1.96. The topological polar surface area (TPSA) is 56.2 Å². The maximum Gasteiger partial charge on any atom is 0.240 e. The van der Waals surface area contributed by atoms with Crippen LogP contribution in [-0.2, 0) is 0 Å². The number of nitrogens with zero attached hydrogens (tertiary/aromatic N) is 3. The van der Waals surface area contributed by atoms with Crippen molar-refractivity contribution in [2.24, 2.45) is 0 Å². The van der Waals surface area contributed by atoms with Gasteiger partial charge in [-0.05, 0) is 30.5 Å². The van der Waals surface area contributed by atoms with Crippen LogP contribution in [0.5, 0.6) is 0 Å². The molecule has 0 bridgehead atoms. The van der Waals surface area contributed by atoms with Crippen molar-refractivity contribution >= 4 is 22.9 Å². The Morgan fingerprint density at radius 3 is 2.94 bits per heavy atom. The molecule has 0 amide bonds. The number of nitrogen functional groups attached to an aromatic ring is 1. The van der Waals surface area contributed by atoms with Crippen LogP contribution in [0.1, 0.15) is 5.69 Å². The zero-order valence-corrected chi connectivity index (χ0v) is 9.53. The van der Waals surface area contributed by atoms with E-state index in [0.29, 0.717) is 5.95 Å². The number of thiophene rings is 1. The molecule has 0 fully saturated rings. The Labute approximate surface area is 96.4 Å². The summed E-state index contributed by atoms with van der Waals surface area (Å²) < 4.78 is 1.78. The molecule has 3 aromatic heterocycles. The van der Waals surface area contributed by atoms with Crippen LogP contribution in [0.3, 0.4) is 0 Å². The number of rotatable bonds is 1. The summed E-state index contributed by atoms with van der Waals surface area (Å²) in [7, 11) is 0. The smallest absolute Gasteiger partial charge is 0.240 e. The van der Waals surface area contributed by atoms with Gasteiger partial charge in [-0.3, -0.25) is 0 Å². The first kappa shape index (κ1) is 9.35. The molecule has 3 aromatic rings. The minimum absolute atomic E-state index is 0.312. The lowest BCUT2D eigenvalue weighted by atomic mass is 10.2. The summed E-state index contributed by atoms with van der Waals surface area (Å²) in [5.41, 5.74) is 8.61. The molecule has 2 N–H and O–H groups in total. The van der Waals surface area contributed by atoms with Crippen LogP contribution >= 0.6 is 11.3 Å². The van der Waals surface area contributed by atoms with E-state index in [2.05, 4.69) is 27.6 Å². The third-order valence-corrected chi connectivity index (χ3v) is 3.44. The van der Waals surface area contributed by atoms with Crippen LogP contribution in [-0.4, -0.2) is 14.6 Å². The molecule has 16 heavy (non-hydrogen) atoms. The largest absolute Gasteiger partial charge is 0.366 e. The highest BCUT2D eigenvalue weighted by Crippen LogP contribution is 2.28. The van der Waals surface area contributed by atoms with Crippen molar-refractivity contribution in [2.45, 2.75) is 6.92 Å². The number of aromatic nitrogens is 3. The van der Waals surface area contributed by atoms with Crippen LogP contribution < -0.4 is 5.73 Å². The molecule has 0 atom stereocenters. The first-order valence-electron chi connectivity index (χ1n) is 4.91. The number of pyridine rings is 1. The van der Waals surface area contributed by atoms with E-state index >= 15 is 0 Å². The Balaban J connectivity index is 2.31. The summed E-state index contributed by atoms with van der Waals surface area (Å²) in [6.07, 6.45) is 0. The van der Waals surface area contributed by atoms with Gasteiger partial charge < -0.3 is 5.73 Å². The SMILES string of the molecule is Cc1c(-c2cccs2)ccc2nc(N)nn12. The fourth-order valence-corrected chi connectivity index (χ4v) is 2.58. The van der Waals surface area contributed by atoms with Crippen molar-refractivity contribution < 1.29 is 0 Å². The summed E-state index contributed by atoms with van der Waals surface area (Å²) in [6.45, 7) is 2.02. The van der Waals surface area contributed by atoms with Gasteiger partial charge in [-0.15, -0.1) is 16.4 Å². The molecule has 0 radical (unpaired) electrons. The van der Waals surface area contributed by atoms with Crippen molar-refractivity contribution in [3.63, 3.8) is 0 Å². The highest BCUT2D eigenvalue weighted by Gasteiger charge is 2.08. The predicted molar refractivity (Wildman–Crippen MR) is 65.4 cm³/mol. The average molecular weight is 230 g/mol. The van der Waals surface area contributed by atoms with Gasteiger partial charge in [0.1, 0.15) is 0 Å². The Morgan fingerprint density at radius 1 is 1.31 bits per heavy atom. The second-order valence-electron chi connectivity index (χ2n) is 3.55. The molecule has 0 aromatic carbocycles. The summed E-state index contributed by atoms with van der Waals surface area (Å²) in [5, 5.41) is 6.24. The molecule has 80 valence electrons. The summed E-state index contributed by atoms with van der Waals surface area (Å²) in [4.78, 5) is 5.36. The fourth-order valence-electron chi connectivity index (χ4n) is 1.78. The van der Waals surface area contributed by atoms with Crippen LogP contribution in [0.2, 0.25) is 0 Å². The molecule has 0 aliphatic carbocycles. The second-order valence-corrected chi connectivity index (χ2v) is 4.50. The van der Waals surface area contributed by atoms with E-state index in [9.17, 15) is 0 Å². The van der Waals surface area contributed by atoms with E-state index < -0.39 is 0 Å². The first-order chi connectivity index (χ1) is 7.75. The van der Waals surface area contributed by atoms with Gasteiger partial charge in [-0.25, -0.2) is 4.52 Å². The normalized spacial score (nSPS) is 11.1. The molecule has 3 rings (SSSR count). The molecular formula is C11H10N4S. The van der Waals surface area contributed by atoms with E-state index in [1.165, 1.54) is 10.4 Å². The lowest BCUT2D eigenvalue weighted by Gasteiger charge is -2.04. The molecule has 0 aliphatic heterocycles. The van der Waals surface area contributed by atoms with Crippen LogP contribution in [0.25, 0.3) is 16.1 Å². The van der Waals surface area contributed by atoms with E-state index in [0.717, 1.165) is 11.3 Å². The molecule has 4 nitrogen and oxygen atoms in total. The minimum Gasteiger partial charge on any atom is -0.366 e.